The van der Waals surface area contributed by atoms with Gasteiger partial charge in [0.15, 0.2) is 5.75 Å². The number of rotatable bonds is 3. The van der Waals surface area contributed by atoms with Crippen LogP contribution in [-0.4, -0.2) is 55.6 Å². The van der Waals surface area contributed by atoms with Gasteiger partial charge in [0, 0.05) is 44.6 Å². The molecule has 0 bridgehead atoms. The van der Waals surface area contributed by atoms with E-state index in [2.05, 4.69) is 20.9 Å². The Morgan fingerprint density at radius 1 is 0.958 bits per heavy atom. The Morgan fingerprint density at radius 3 is 2.58 bits per heavy atom. The number of para-hydroxylation sites is 2. The molecule has 0 atom stereocenters. The number of hydrogen-bond donors (Lipinski definition) is 1. The minimum atomic E-state index is 0.222. The Labute approximate surface area is 141 Å². The van der Waals surface area contributed by atoms with Gasteiger partial charge in [-0.3, -0.25) is 9.89 Å². The summed E-state index contributed by atoms with van der Waals surface area (Å²) in [5.41, 5.74) is 3.05. The Morgan fingerprint density at radius 2 is 1.75 bits per heavy atom. The molecule has 0 spiro atoms. The van der Waals surface area contributed by atoms with Crippen LogP contribution in [0.1, 0.15) is 5.56 Å². The standard InChI is InChI=1S/C19H21N3O2/c23-13-12-21-8-10-22(11-9-21)17-5-3-7-18-15(17)14-20-16-4-1-2-6-19(16)24-18/h1-7,14,23H,8-13H2. The van der Waals surface area contributed by atoms with Crippen LogP contribution in [0.3, 0.4) is 0 Å². The van der Waals surface area contributed by atoms with Gasteiger partial charge in [-0.1, -0.05) is 18.2 Å². The van der Waals surface area contributed by atoms with Crippen LogP contribution in [0.4, 0.5) is 11.4 Å². The number of aliphatic imine (C=N–C) groups is 1. The molecule has 0 unspecified atom stereocenters. The van der Waals surface area contributed by atoms with Crippen molar-refractivity contribution >= 4 is 17.6 Å². The number of ether oxygens (including phenoxy) is 1. The maximum atomic E-state index is 9.09. The Balaban J connectivity index is 1.62. The third kappa shape index (κ3) is 2.88. The highest BCUT2D eigenvalue weighted by Gasteiger charge is 2.21. The lowest BCUT2D eigenvalue weighted by Crippen LogP contribution is -2.47. The summed E-state index contributed by atoms with van der Waals surface area (Å²) in [5, 5.41) is 9.09. The fraction of sp³-hybridized carbons (Fsp3) is 0.316. The van der Waals surface area contributed by atoms with E-state index in [1.165, 1.54) is 0 Å². The molecule has 0 aromatic heterocycles. The molecule has 0 amide bonds. The summed E-state index contributed by atoms with van der Waals surface area (Å²) in [7, 11) is 0. The maximum absolute atomic E-state index is 9.09. The van der Waals surface area contributed by atoms with Gasteiger partial charge in [-0.25, -0.2) is 0 Å². The predicted octanol–water partition coefficient (Wildman–Crippen LogP) is 2.66. The second kappa shape index (κ2) is 6.63. The van der Waals surface area contributed by atoms with Gasteiger partial charge in [0.25, 0.3) is 0 Å². The zero-order chi connectivity index (χ0) is 16.4. The van der Waals surface area contributed by atoms with E-state index < -0.39 is 0 Å². The summed E-state index contributed by atoms with van der Waals surface area (Å²) >= 11 is 0. The van der Waals surface area contributed by atoms with Crippen molar-refractivity contribution in [3.05, 3.63) is 48.0 Å². The molecule has 5 heteroatoms. The molecule has 0 radical (unpaired) electrons. The fourth-order valence-corrected chi connectivity index (χ4v) is 3.28. The highest BCUT2D eigenvalue weighted by atomic mass is 16.5. The van der Waals surface area contributed by atoms with E-state index in [-0.39, 0.29) is 6.61 Å². The number of aliphatic hydroxyl groups excluding tert-OH is 1. The predicted molar refractivity (Wildman–Crippen MR) is 96.0 cm³/mol. The first-order valence-corrected chi connectivity index (χ1v) is 8.37. The van der Waals surface area contributed by atoms with E-state index in [1.807, 2.05) is 42.6 Å². The second-order valence-electron chi connectivity index (χ2n) is 6.07. The number of aliphatic hydroxyl groups is 1. The van der Waals surface area contributed by atoms with Crippen LogP contribution in [0.2, 0.25) is 0 Å². The highest BCUT2D eigenvalue weighted by molar-refractivity contribution is 5.94. The van der Waals surface area contributed by atoms with Crippen LogP contribution in [0.15, 0.2) is 47.5 Å². The number of piperazine rings is 1. The van der Waals surface area contributed by atoms with Crippen molar-refractivity contribution in [3.63, 3.8) is 0 Å². The zero-order valence-electron chi connectivity index (χ0n) is 13.6. The van der Waals surface area contributed by atoms with Crippen molar-refractivity contribution in [3.8, 4) is 11.5 Å². The topological polar surface area (TPSA) is 48.3 Å². The van der Waals surface area contributed by atoms with Crippen LogP contribution in [0.5, 0.6) is 11.5 Å². The molecule has 24 heavy (non-hydrogen) atoms. The summed E-state index contributed by atoms with van der Waals surface area (Å²) in [6.07, 6.45) is 1.91. The average molecular weight is 323 g/mol. The number of hydrogen-bond acceptors (Lipinski definition) is 5. The van der Waals surface area contributed by atoms with E-state index in [1.54, 1.807) is 0 Å². The minimum absolute atomic E-state index is 0.222. The zero-order valence-corrected chi connectivity index (χ0v) is 13.6. The van der Waals surface area contributed by atoms with Crippen molar-refractivity contribution in [2.45, 2.75) is 0 Å². The lowest BCUT2D eigenvalue weighted by atomic mass is 10.1. The lowest BCUT2D eigenvalue weighted by molar-refractivity contribution is 0.189. The first kappa shape index (κ1) is 15.2. The monoisotopic (exact) mass is 323 g/mol. The molecule has 0 saturated carbocycles. The normalized spacial score (nSPS) is 17.0. The van der Waals surface area contributed by atoms with Gasteiger partial charge in [0.2, 0.25) is 0 Å². The Bertz CT molecular complexity index is 752. The van der Waals surface area contributed by atoms with Crippen LogP contribution in [0, 0.1) is 0 Å². The van der Waals surface area contributed by atoms with Crippen molar-refractivity contribution in [2.75, 3.05) is 44.2 Å². The van der Waals surface area contributed by atoms with Gasteiger partial charge in [-0.15, -0.1) is 0 Å². The van der Waals surface area contributed by atoms with Gasteiger partial charge in [0.1, 0.15) is 11.4 Å². The van der Waals surface area contributed by atoms with Crippen LogP contribution in [-0.2, 0) is 0 Å². The van der Waals surface area contributed by atoms with Gasteiger partial charge in [-0.2, -0.15) is 0 Å². The number of anilines is 1. The van der Waals surface area contributed by atoms with E-state index in [0.717, 1.165) is 61.2 Å². The molecule has 5 nitrogen and oxygen atoms in total. The van der Waals surface area contributed by atoms with Crippen molar-refractivity contribution < 1.29 is 9.84 Å². The molecule has 1 saturated heterocycles. The Kier molecular flexibility index (Phi) is 4.19. The van der Waals surface area contributed by atoms with Crippen molar-refractivity contribution in [2.24, 2.45) is 4.99 Å². The minimum Gasteiger partial charge on any atom is -0.454 e. The van der Waals surface area contributed by atoms with Crippen molar-refractivity contribution in [1.29, 1.82) is 0 Å². The molecule has 0 aliphatic carbocycles. The molecule has 2 heterocycles. The van der Waals surface area contributed by atoms with Gasteiger partial charge in [0.05, 0.1) is 12.2 Å². The van der Waals surface area contributed by atoms with Crippen molar-refractivity contribution in [1.82, 2.24) is 4.90 Å². The summed E-state index contributed by atoms with van der Waals surface area (Å²) in [6, 6.07) is 14.0. The molecule has 1 N–H and O–H groups in total. The Hall–Kier alpha value is -2.37. The fourth-order valence-electron chi connectivity index (χ4n) is 3.28. The summed E-state index contributed by atoms with van der Waals surface area (Å²) in [5.74, 6) is 1.64. The first-order chi connectivity index (χ1) is 11.8. The number of β-amino-alcohol motifs (C(OH)–C–C–N with tert-alkyl or cyclic N) is 1. The molecule has 2 aromatic rings. The molecule has 4 rings (SSSR count). The molecular weight excluding hydrogens is 302 g/mol. The SMILES string of the molecule is OCCN1CCN(c2cccc3c2C=Nc2ccccc2O3)CC1. The quantitative estimate of drug-likeness (QED) is 0.805. The second-order valence-corrected chi connectivity index (χ2v) is 6.07. The van der Waals surface area contributed by atoms with Gasteiger partial charge >= 0.3 is 0 Å². The van der Waals surface area contributed by atoms with E-state index in [0.29, 0.717) is 0 Å². The highest BCUT2D eigenvalue weighted by Crippen LogP contribution is 2.38. The number of fused-ring (bicyclic) bond motifs is 2. The largest absolute Gasteiger partial charge is 0.454 e. The number of nitrogens with zero attached hydrogens (tertiary/aromatic N) is 3. The summed E-state index contributed by atoms with van der Waals surface area (Å²) < 4.78 is 6.10. The lowest BCUT2D eigenvalue weighted by Gasteiger charge is -2.36. The molecule has 2 aliphatic rings. The van der Waals surface area contributed by atoms with Crippen LogP contribution < -0.4 is 9.64 Å². The van der Waals surface area contributed by atoms with E-state index in [4.69, 9.17) is 9.84 Å². The maximum Gasteiger partial charge on any atom is 0.153 e. The first-order valence-electron chi connectivity index (χ1n) is 8.37. The number of benzene rings is 2. The molecular formula is C19H21N3O2. The van der Waals surface area contributed by atoms with Crippen LogP contribution in [0.25, 0.3) is 0 Å². The van der Waals surface area contributed by atoms with E-state index >= 15 is 0 Å². The molecule has 1 fully saturated rings. The third-order valence-corrected chi connectivity index (χ3v) is 4.59. The van der Waals surface area contributed by atoms with Crippen LogP contribution >= 0.6 is 0 Å². The van der Waals surface area contributed by atoms with E-state index in [9.17, 15) is 0 Å². The smallest absolute Gasteiger partial charge is 0.153 e. The van der Waals surface area contributed by atoms with Gasteiger partial charge < -0.3 is 14.7 Å². The molecule has 2 aliphatic heterocycles. The third-order valence-electron chi connectivity index (χ3n) is 4.59. The molecule has 2 aromatic carbocycles. The molecule has 124 valence electrons. The average Bonchev–Trinajstić information content (AvgIpc) is 2.82. The summed E-state index contributed by atoms with van der Waals surface area (Å²) in [4.78, 5) is 9.27. The summed E-state index contributed by atoms with van der Waals surface area (Å²) in [6.45, 7) is 4.78. The van der Waals surface area contributed by atoms with Gasteiger partial charge in [-0.05, 0) is 24.3 Å².